The van der Waals surface area contributed by atoms with Crippen LogP contribution >= 0.6 is 11.9 Å². The van der Waals surface area contributed by atoms with Crippen LogP contribution in [-0.2, 0) is 6.54 Å². The van der Waals surface area contributed by atoms with Gasteiger partial charge in [-0.25, -0.2) is 8.70 Å². The van der Waals surface area contributed by atoms with Crippen LogP contribution < -0.4 is 0 Å². The topological polar surface area (TPSA) is 23.6 Å². The van der Waals surface area contributed by atoms with Gasteiger partial charge in [0.1, 0.15) is 6.17 Å². The summed E-state index contributed by atoms with van der Waals surface area (Å²) in [5, 5.41) is 0. The molecule has 2 fully saturated rings. The third kappa shape index (κ3) is 3.15. The van der Waals surface area contributed by atoms with E-state index in [-0.39, 0.29) is 18.0 Å². The molecule has 2 saturated heterocycles. The van der Waals surface area contributed by atoms with Crippen LogP contribution in [0.2, 0.25) is 0 Å². The van der Waals surface area contributed by atoms with Crippen molar-refractivity contribution >= 4 is 17.9 Å². The monoisotopic (exact) mass is 322 g/mol. The molecule has 22 heavy (non-hydrogen) atoms. The lowest BCUT2D eigenvalue weighted by Crippen LogP contribution is -2.47. The van der Waals surface area contributed by atoms with E-state index < -0.39 is 6.17 Å². The molecule has 2 unspecified atom stereocenters. The smallest absolute Gasteiger partial charge is 0.254 e. The summed E-state index contributed by atoms with van der Waals surface area (Å²) >= 11 is 1.68. The first-order valence-electron chi connectivity index (χ1n) is 7.89. The highest BCUT2D eigenvalue weighted by molar-refractivity contribution is 7.96. The molecule has 1 aromatic rings. The van der Waals surface area contributed by atoms with Crippen molar-refractivity contribution in [2.75, 3.05) is 13.3 Å². The second kappa shape index (κ2) is 6.59. The van der Waals surface area contributed by atoms with Crippen LogP contribution in [0.3, 0.4) is 0 Å². The van der Waals surface area contributed by atoms with Gasteiger partial charge in [-0.2, -0.15) is 0 Å². The van der Waals surface area contributed by atoms with Crippen LogP contribution in [0, 0.1) is 0 Å². The van der Waals surface area contributed by atoms with Crippen LogP contribution in [0.25, 0.3) is 0 Å². The van der Waals surface area contributed by atoms with Gasteiger partial charge in [0.2, 0.25) is 0 Å². The second-order valence-electron chi connectivity index (χ2n) is 6.33. The van der Waals surface area contributed by atoms with Crippen LogP contribution in [0.1, 0.15) is 41.6 Å². The predicted octanol–water partition coefficient (Wildman–Crippen LogP) is 3.50. The van der Waals surface area contributed by atoms with Crippen molar-refractivity contribution in [1.82, 2.24) is 9.21 Å². The fraction of sp³-hybridized carbons (Fsp3) is 0.588. The van der Waals surface area contributed by atoms with Gasteiger partial charge in [-0.3, -0.25) is 4.79 Å². The van der Waals surface area contributed by atoms with Gasteiger partial charge in [-0.15, -0.1) is 0 Å². The Hall–Kier alpha value is -1.07. The number of fused-ring (bicyclic) bond motifs is 2. The number of carbonyl (C=O) groups is 1. The normalized spacial score (nSPS) is 27.5. The summed E-state index contributed by atoms with van der Waals surface area (Å²) < 4.78 is 15.8. The summed E-state index contributed by atoms with van der Waals surface area (Å²) in [5.74, 6) is 0.0733. The molecule has 0 spiro atoms. The number of benzene rings is 1. The SMILES string of the molecule is CSN(C)Cc1ccc(C(=O)N2C3CCC2CC(F)C3)cc1. The summed E-state index contributed by atoms with van der Waals surface area (Å²) in [4.78, 5) is 14.7. The highest BCUT2D eigenvalue weighted by Crippen LogP contribution is 2.37. The molecule has 120 valence electrons. The van der Waals surface area contributed by atoms with E-state index in [1.165, 1.54) is 5.56 Å². The van der Waals surface area contributed by atoms with Crippen molar-refractivity contribution in [2.45, 2.75) is 50.5 Å². The first-order valence-corrected chi connectivity index (χ1v) is 9.07. The van der Waals surface area contributed by atoms with E-state index in [4.69, 9.17) is 0 Å². The Kier molecular flexibility index (Phi) is 4.73. The Morgan fingerprint density at radius 3 is 2.41 bits per heavy atom. The number of alkyl halides is 1. The zero-order valence-electron chi connectivity index (χ0n) is 13.2. The fourth-order valence-corrected chi connectivity index (χ4v) is 3.94. The van der Waals surface area contributed by atoms with Crippen molar-refractivity contribution in [3.8, 4) is 0 Å². The molecule has 0 saturated carbocycles. The Balaban J connectivity index is 1.70. The summed E-state index contributed by atoms with van der Waals surface area (Å²) in [6.07, 6.45) is 4.24. The number of hydrogen-bond acceptors (Lipinski definition) is 3. The van der Waals surface area contributed by atoms with E-state index in [9.17, 15) is 9.18 Å². The van der Waals surface area contributed by atoms with Crippen LogP contribution in [-0.4, -0.2) is 46.7 Å². The number of halogens is 1. The summed E-state index contributed by atoms with van der Waals surface area (Å²) in [5.41, 5.74) is 1.92. The minimum Gasteiger partial charge on any atom is -0.332 e. The highest BCUT2D eigenvalue weighted by atomic mass is 32.2. The quantitative estimate of drug-likeness (QED) is 0.793. The molecular weight excluding hydrogens is 299 g/mol. The molecule has 3 rings (SSSR count). The van der Waals surface area contributed by atoms with Gasteiger partial charge in [0, 0.05) is 24.2 Å². The molecule has 2 atom stereocenters. The lowest BCUT2D eigenvalue weighted by atomic mass is 9.99. The Morgan fingerprint density at radius 2 is 1.86 bits per heavy atom. The fourth-order valence-electron chi connectivity index (χ4n) is 3.67. The first-order chi connectivity index (χ1) is 10.6. The third-order valence-corrected chi connectivity index (χ3v) is 5.58. The summed E-state index contributed by atoms with van der Waals surface area (Å²) in [7, 11) is 2.04. The van der Waals surface area contributed by atoms with Gasteiger partial charge in [-0.1, -0.05) is 24.1 Å². The number of hydrogen-bond donors (Lipinski definition) is 0. The van der Waals surface area contributed by atoms with Crippen LogP contribution in [0.5, 0.6) is 0 Å². The molecule has 3 nitrogen and oxygen atoms in total. The standard InChI is InChI=1S/C17H23FN2OS/c1-19(22-2)11-12-3-5-13(6-4-12)17(21)20-15-7-8-16(20)10-14(18)9-15/h3-6,14-16H,7-11H2,1-2H3. The average molecular weight is 322 g/mol. The van der Waals surface area contributed by atoms with E-state index in [1.807, 2.05) is 42.5 Å². The van der Waals surface area contributed by atoms with Crippen molar-refractivity contribution in [3.63, 3.8) is 0 Å². The summed E-state index contributed by atoms with van der Waals surface area (Å²) in [6, 6.07) is 8.06. The molecule has 1 amide bonds. The molecule has 2 bridgehead atoms. The molecule has 0 aliphatic carbocycles. The molecule has 5 heteroatoms. The molecule has 2 heterocycles. The molecule has 0 N–H and O–H groups in total. The van der Waals surface area contributed by atoms with Gasteiger partial charge in [0.25, 0.3) is 5.91 Å². The van der Waals surface area contributed by atoms with Crippen LogP contribution in [0.15, 0.2) is 24.3 Å². The molecule has 2 aliphatic rings. The van der Waals surface area contributed by atoms with E-state index in [1.54, 1.807) is 11.9 Å². The highest BCUT2D eigenvalue weighted by Gasteiger charge is 2.43. The number of amides is 1. The van der Waals surface area contributed by atoms with E-state index in [2.05, 4.69) is 4.31 Å². The van der Waals surface area contributed by atoms with Gasteiger partial charge in [0.15, 0.2) is 0 Å². The van der Waals surface area contributed by atoms with E-state index >= 15 is 0 Å². The minimum atomic E-state index is -0.731. The van der Waals surface area contributed by atoms with E-state index in [0.29, 0.717) is 12.8 Å². The number of rotatable bonds is 4. The second-order valence-corrected chi connectivity index (χ2v) is 7.32. The maximum absolute atomic E-state index is 13.6. The van der Waals surface area contributed by atoms with Crippen molar-refractivity contribution < 1.29 is 9.18 Å². The lowest BCUT2D eigenvalue weighted by molar-refractivity contribution is 0.0479. The molecule has 2 aliphatic heterocycles. The average Bonchev–Trinajstić information content (AvgIpc) is 2.79. The van der Waals surface area contributed by atoms with Gasteiger partial charge in [-0.05, 0) is 56.7 Å². The zero-order valence-corrected chi connectivity index (χ0v) is 14.0. The molecule has 0 radical (unpaired) electrons. The summed E-state index contributed by atoms with van der Waals surface area (Å²) in [6.45, 7) is 0.855. The maximum Gasteiger partial charge on any atom is 0.254 e. The Labute approximate surface area is 136 Å². The lowest BCUT2D eigenvalue weighted by Gasteiger charge is -2.36. The predicted molar refractivity (Wildman–Crippen MR) is 88.5 cm³/mol. The largest absolute Gasteiger partial charge is 0.332 e. The first kappa shape index (κ1) is 15.8. The number of carbonyl (C=O) groups excluding carboxylic acids is 1. The van der Waals surface area contributed by atoms with Gasteiger partial charge in [0.05, 0.1) is 0 Å². The molecule has 0 aromatic heterocycles. The van der Waals surface area contributed by atoms with Crippen molar-refractivity contribution in [2.24, 2.45) is 0 Å². The van der Waals surface area contributed by atoms with Gasteiger partial charge < -0.3 is 4.90 Å². The molecule has 1 aromatic carbocycles. The van der Waals surface area contributed by atoms with Crippen LogP contribution in [0.4, 0.5) is 4.39 Å². The Morgan fingerprint density at radius 1 is 1.27 bits per heavy atom. The minimum absolute atomic E-state index is 0.0733. The van der Waals surface area contributed by atoms with Gasteiger partial charge >= 0.3 is 0 Å². The van der Waals surface area contributed by atoms with Crippen molar-refractivity contribution in [3.05, 3.63) is 35.4 Å². The Bertz CT molecular complexity index is 522. The zero-order chi connectivity index (χ0) is 15.7. The van der Waals surface area contributed by atoms with E-state index in [0.717, 1.165) is 24.9 Å². The molecular formula is C17H23FN2OS. The number of nitrogens with zero attached hydrogens (tertiary/aromatic N) is 2. The third-order valence-electron chi connectivity index (χ3n) is 4.83. The van der Waals surface area contributed by atoms with Crippen molar-refractivity contribution in [1.29, 1.82) is 0 Å². The maximum atomic E-state index is 13.6. The number of piperidine rings is 1.